The molecule has 2 heterocycles. The molecule has 0 amide bonds. The van der Waals surface area contributed by atoms with E-state index in [0.29, 0.717) is 6.04 Å². The molecule has 5 nitrogen and oxygen atoms in total. The van der Waals surface area contributed by atoms with Crippen molar-refractivity contribution in [3.63, 3.8) is 0 Å². The van der Waals surface area contributed by atoms with Crippen LogP contribution in [0.3, 0.4) is 0 Å². The van der Waals surface area contributed by atoms with Gasteiger partial charge in [-0.2, -0.15) is 5.26 Å². The molecule has 2 fully saturated rings. The number of piperidine rings is 1. The topological polar surface area (TPSA) is 57.7 Å². The maximum Gasteiger partial charge on any atom is 0.228 e. The molecule has 1 aromatic heterocycles. The summed E-state index contributed by atoms with van der Waals surface area (Å²) < 4.78 is 2.34. The Morgan fingerprint density at radius 1 is 1.16 bits per heavy atom. The van der Waals surface area contributed by atoms with E-state index in [1.54, 1.807) is 11.8 Å². The second-order valence-corrected chi connectivity index (χ2v) is 8.05. The molecule has 0 unspecified atom stereocenters. The largest absolute Gasteiger partial charge is 0.341 e. The molecule has 0 atom stereocenters. The molecule has 1 aromatic carbocycles. The van der Waals surface area contributed by atoms with E-state index in [-0.39, 0.29) is 0 Å². The summed E-state index contributed by atoms with van der Waals surface area (Å²) in [6.07, 6.45) is 4.90. The minimum absolute atomic E-state index is 0.554. The van der Waals surface area contributed by atoms with Crippen LogP contribution in [0.1, 0.15) is 49.8 Å². The highest BCUT2D eigenvalue weighted by atomic mass is 32.2. The zero-order valence-electron chi connectivity index (χ0n) is 14.6. The second kappa shape index (κ2) is 7.09. The van der Waals surface area contributed by atoms with E-state index in [1.165, 1.54) is 25.7 Å². The maximum absolute atomic E-state index is 9.27. The number of rotatable bonds is 5. The van der Waals surface area contributed by atoms with Crippen LogP contribution < -0.4 is 4.90 Å². The van der Waals surface area contributed by atoms with Crippen LogP contribution in [0, 0.1) is 17.2 Å². The monoisotopic (exact) mass is 353 g/mol. The molecule has 0 radical (unpaired) electrons. The fourth-order valence-electron chi connectivity index (χ4n) is 3.34. The standard InChI is InChI=1S/C19H23N5S/c1-14-8-10-23(11-9-14)18-21-22-19(24(18)17-6-7-17)25-13-16-5-3-2-4-15(16)12-20/h2-5,14,17H,6-11,13H2,1H3. The Balaban J connectivity index is 1.53. The van der Waals surface area contributed by atoms with E-state index < -0.39 is 0 Å². The van der Waals surface area contributed by atoms with E-state index >= 15 is 0 Å². The van der Waals surface area contributed by atoms with Gasteiger partial charge in [0.2, 0.25) is 5.95 Å². The summed E-state index contributed by atoms with van der Waals surface area (Å²) in [6, 6.07) is 10.6. The molecular formula is C19H23N5S. The van der Waals surface area contributed by atoms with E-state index in [9.17, 15) is 5.26 Å². The number of hydrogen-bond acceptors (Lipinski definition) is 5. The van der Waals surface area contributed by atoms with Crippen LogP contribution in [0.15, 0.2) is 29.4 Å². The minimum Gasteiger partial charge on any atom is -0.341 e. The summed E-state index contributed by atoms with van der Waals surface area (Å²) in [5.41, 5.74) is 1.81. The van der Waals surface area contributed by atoms with Gasteiger partial charge in [-0.1, -0.05) is 36.9 Å². The summed E-state index contributed by atoms with van der Waals surface area (Å²) in [5, 5.41) is 19.3. The molecule has 1 aliphatic heterocycles. The molecule has 1 saturated heterocycles. The fourth-order valence-corrected chi connectivity index (χ4v) is 4.35. The Kier molecular flexibility index (Phi) is 4.67. The van der Waals surface area contributed by atoms with Gasteiger partial charge in [-0.25, -0.2) is 0 Å². The number of nitrogens with zero attached hydrogens (tertiary/aromatic N) is 5. The molecule has 0 spiro atoms. The number of nitriles is 1. The highest BCUT2D eigenvalue weighted by Crippen LogP contribution is 2.42. The fraction of sp³-hybridized carbons (Fsp3) is 0.526. The van der Waals surface area contributed by atoms with Gasteiger partial charge in [-0.15, -0.1) is 10.2 Å². The predicted octanol–water partition coefficient (Wildman–Crippen LogP) is 4.01. The molecule has 130 valence electrons. The van der Waals surface area contributed by atoms with Gasteiger partial charge < -0.3 is 4.90 Å². The first kappa shape index (κ1) is 16.5. The van der Waals surface area contributed by atoms with E-state index in [4.69, 9.17) is 0 Å². The van der Waals surface area contributed by atoms with Crippen molar-refractivity contribution in [2.75, 3.05) is 18.0 Å². The molecule has 0 bridgehead atoms. The molecule has 1 saturated carbocycles. The van der Waals surface area contributed by atoms with Crippen molar-refractivity contribution in [1.82, 2.24) is 14.8 Å². The number of thioether (sulfide) groups is 1. The first-order valence-electron chi connectivity index (χ1n) is 9.07. The lowest BCUT2D eigenvalue weighted by Crippen LogP contribution is -2.34. The van der Waals surface area contributed by atoms with Gasteiger partial charge in [0.25, 0.3) is 0 Å². The van der Waals surface area contributed by atoms with Gasteiger partial charge >= 0.3 is 0 Å². The number of aromatic nitrogens is 3. The van der Waals surface area contributed by atoms with Gasteiger partial charge in [-0.05, 0) is 43.2 Å². The van der Waals surface area contributed by atoms with Gasteiger partial charge in [-0.3, -0.25) is 4.57 Å². The van der Waals surface area contributed by atoms with Crippen LogP contribution >= 0.6 is 11.8 Å². The van der Waals surface area contributed by atoms with Crippen LogP contribution in [0.25, 0.3) is 0 Å². The Morgan fingerprint density at radius 2 is 1.92 bits per heavy atom. The Hall–Kier alpha value is -2.00. The van der Waals surface area contributed by atoms with Crippen LogP contribution in [-0.4, -0.2) is 27.9 Å². The normalized spacial score (nSPS) is 18.3. The van der Waals surface area contributed by atoms with E-state index in [0.717, 1.165) is 47.0 Å². The lowest BCUT2D eigenvalue weighted by Gasteiger charge is -2.31. The molecule has 6 heteroatoms. The first-order valence-corrected chi connectivity index (χ1v) is 10.1. The van der Waals surface area contributed by atoms with Crippen LogP contribution in [0.5, 0.6) is 0 Å². The molecular weight excluding hydrogens is 330 g/mol. The molecule has 1 aliphatic carbocycles. The number of benzene rings is 1. The summed E-state index contributed by atoms with van der Waals surface area (Å²) in [6.45, 7) is 4.48. The lowest BCUT2D eigenvalue weighted by molar-refractivity contribution is 0.429. The van der Waals surface area contributed by atoms with Gasteiger partial charge in [0.1, 0.15) is 0 Å². The summed E-state index contributed by atoms with van der Waals surface area (Å²) in [5.74, 6) is 2.61. The lowest BCUT2D eigenvalue weighted by atomic mass is 10.00. The third-order valence-corrected chi connectivity index (χ3v) is 6.11. The minimum atomic E-state index is 0.554. The Bertz CT molecular complexity index is 781. The van der Waals surface area contributed by atoms with E-state index in [2.05, 4.69) is 32.7 Å². The second-order valence-electron chi connectivity index (χ2n) is 7.11. The highest BCUT2D eigenvalue weighted by Gasteiger charge is 2.32. The van der Waals surface area contributed by atoms with Crippen molar-refractivity contribution in [3.8, 4) is 6.07 Å². The van der Waals surface area contributed by atoms with Gasteiger partial charge in [0.15, 0.2) is 5.16 Å². The van der Waals surface area contributed by atoms with Crippen molar-refractivity contribution >= 4 is 17.7 Å². The zero-order chi connectivity index (χ0) is 17.2. The van der Waals surface area contributed by atoms with Crippen molar-refractivity contribution in [2.24, 2.45) is 5.92 Å². The van der Waals surface area contributed by atoms with Crippen LogP contribution in [0.4, 0.5) is 5.95 Å². The summed E-state index contributed by atoms with van der Waals surface area (Å²) in [4.78, 5) is 2.40. The predicted molar refractivity (Wildman–Crippen MR) is 99.6 cm³/mol. The Labute approximate surface area is 153 Å². The molecule has 4 rings (SSSR count). The molecule has 25 heavy (non-hydrogen) atoms. The maximum atomic E-state index is 9.27. The third-order valence-electron chi connectivity index (χ3n) is 5.12. The van der Waals surface area contributed by atoms with Crippen LogP contribution in [0.2, 0.25) is 0 Å². The third kappa shape index (κ3) is 3.52. The van der Waals surface area contributed by atoms with Gasteiger partial charge in [0, 0.05) is 24.9 Å². The molecule has 0 N–H and O–H groups in total. The summed E-state index contributed by atoms with van der Waals surface area (Å²) in [7, 11) is 0. The Morgan fingerprint density at radius 3 is 2.64 bits per heavy atom. The van der Waals surface area contributed by atoms with Crippen molar-refractivity contribution in [2.45, 2.75) is 49.6 Å². The first-order chi connectivity index (χ1) is 12.3. The van der Waals surface area contributed by atoms with Crippen molar-refractivity contribution < 1.29 is 0 Å². The van der Waals surface area contributed by atoms with Gasteiger partial charge in [0.05, 0.1) is 11.6 Å². The smallest absolute Gasteiger partial charge is 0.228 e. The number of anilines is 1. The van der Waals surface area contributed by atoms with Crippen molar-refractivity contribution in [1.29, 1.82) is 5.26 Å². The SMILES string of the molecule is CC1CCN(c2nnc(SCc3ccccc3C#N)n2C2CC2)CC1. The number of hydrogen-bond donors (Lipinski definition) is 0. The van der Waals surface area contributed by atoms with Crippen molar-refractivity contribution in [3.05, 3.63) is 35.4 Å². The average Bonchev–Trinajstić information content (AvgIpc) is 3.40. The molecule has 2 aliphatic rings. The quantitative estimate of drug-likeness (QED) is 0.760. The highest BCUT2D eigenvalue weighted by molar-refractivity contribution is 7.98. The summed E-state index contributed by atoms with van der Waals surface area (Å²) >= 11 is 1.69. The molecule has 2 aromatic rings. The van der Waals surface area contributed by atoms with Crippen LogP contribution in [-0.2, 0) is 5.75 Å². The van der Waals surface area contributed by atoms with E-state index in [1.807, 2.05) is 24.3 Å². The zero-order valence-corrected chi connectivity index (χ0v) is 15.4. The average molecular weight is 353 g/mol.